The first kappa shape index (κ1) is 17.5. The number of carbonyl (C=O) groups excluding carboxylic acids is 2. The van der Waals surface area contributed by atoms with E-state index in [0.29, 0.717) is 25.1 Å². The van der Waals surface area contributed by atoms with Gasteiger partial charge >= 0.3 is 0 Å². The molecule has 1 heterocycles. The molecule has 0 saturated carbocycles. The van der Waals surface area contributed by atoms with Crippen molar-refractivity contribution in [3.05, 3.63) is 35.4 Å². The van der Waals surface area contributed by atoms with Gasteiger partial charge in [-0.3, -0.25) is 9.59 Å². The summed E-state index contributed by atoms with van der Waals surface area (Å²) in [5.74, 6) is -0.0855. The Morgan fingerprint density at radius 1 is 1.26 bits per heavy atom. The van der Waals surface area contributed by atoms with Gasteiger partial charge in [0.2, 0.25) is 5.91 Å². The highest BCUT2D eigenvalue weighted by atomic mass is 16.2. The number of rotatable bonds is 4. The van der Waals surface area contributed by atoms with E-state index < -0.39 is 0 Å². The van der Waals surface area contributed by atoms with E-state index in [1.165, 1.54) is 5.56 Å². The van der Waals surface area contributed by atoms with Crippen LogP contribution in [0.25, 0.3) is 0 Å². The summed E-state index contributed by atoms with van der Waals surface area (Å²) in [4.78, 5) is 25.9. The van der Waals surface area contributed by atoms with Gasteiger partial charge in [-0.05, 0) is 29.5 Å². The topological polar surface area (TPSA) is 75.4 Å². The third-order valence-corrected chi connectivity index (χ3v) is 4.21. The SMILES string of the molecule is CC(C)(C)c1ccc(C(=O)NCCC(=O)N2CC[C@@H](N)C2)cc1. The summed E-state index contributed by atoms with van der Waals surface area (Å²) in [7, 11) is 0. The highest BCUT2D eigenvalue weighted by Crippen LogP contribution is 2.22. The fourth-order valence-corrected chi connectivity index (χ4v) is 2.68. The van der Waals surface area contributed by atoms with Crippen LogP contribution in [0, 0.1) is 0 Å². The van der Waals surface area contributed by atoms with Crippen LogP contribution in [-0.2, 0) is 10.2 Å². The molecule has 0 spiro atoms. The molecular formula is C18H27N3O2. The van der Waals surface area contributed by atoms with Crippen LogP contribution >= 0.6 is 0 Å². The average molecular weight is 317 g/mol. The zero-order valence-electron chi connectivity index (χ0n) is 14.3. The standard InChI is InChI=1S/C18H27N3O2/c1-18(2,3)14-6-4-13(5-7-14)17(23)20-10-8-16(22)21-11-9-15(19)12-21/h4-7,15H,8-12,19H2,1-3H3,(H,20,23)/t15-/m1/s1. The molecule has 1 aromatic rings. The van der Waals surface area contributed by atoms with Crippen LogP contribution in [0.5, 0.6) is 0 Å². The number of nitrogens with one attached hydrogen (secondary N) is 1. The van der Waals surface area contributed by atoms with Crippen molar-refractivity contribution >= 4 is 11.8 Å². The van der Waals surface area contributed by atoms with Crippen molar-refractivity contribution in [3.63, 3.8) is 0 Å². The average Bonchev–Trinajstić information content (AvgIpc) is 2.93. The lowest BCUT2D eigenvalue weighted by molar-refractivity contribution is -0.130. The maximum atomic E-state index is 12.1. The van der Waals surface area contributed by atoms with E-state index in [1.54, 1.807) is 4.90 Å². The van der Waals surface area contributed by atoms with Gasteiger partial charge in [-0.15, -0.1) is 0 Å². The maximum absolute atomic E-state index is 12.1. The predicted octanol–water partition coefficient (Wildman–Crippen LogP) is 1.66. The van der Waals surface area contributed by atoms with Gasteiger partial charge in [0.25, 0.3) is 5.91 Å². The Labute approximate surface area is 138 Å². The van der Waals surface area contributed by atoms with Crippen LogP contribution in [0.2, 0.25) is 0 Å². The molecule has 0 aromatic heterocycles. The Morgan fingerprint density at radius 2 is 1.91 bits per heavy atom. The van der Waals surface area contributed by atoms with Crippen LogP contribution in [0.1, 0.15) is 49.5 Å². The third kappa shape index (κ3) is 4.79. The number of amides is 2. The number of hydrogen-bond donors (Lipinski definition) is 2. The lowest BCUT2D eigenvalue weighted by Crippen LogP contribution is -2.34. The van der Waals surface area contributed by atoms with Gasteiger partial charge in [0.15, 0.2) is 0 Å². The number of nitrogens with two attached hydrogens (primary N) is 1. The van der Waals surface area contributed by atoms with Gasteiger partial charge in [0, 0.05) is 37.7 Å². The molecule has 1 aliphatic rings. The van der Waals surface area contributed by atoms with Crippen LogP contribution in [-0.4, -0.2) is 42.4 Å². The lowest BCUT2D eigenvalue weighted by atomic mass is 9.87. The van der Waals surface area contributed by atoms with Crippen molar-refractivity contribution in [3.8, 4) is 0 Å². The normalized spacial score (nSPS) is 18.1. The van der Waals surface area contributed by atoms with E-state index >= 15 is 0 Å². The van der Waals surface area contributed by atoms with Crippen LogP contribution in [0.15, 0.2) is 24.3 Å². The van der Waals surface area contributed by atoms with Crippen LogP contribution < -0.4 is 11.1 Å². The summed E-state index contributed by atoms with van der Waals surface area (Å²) in [6.45, 7) is 8.11. The number of carbonyl (C=O) groups is 2. The highest BCUT2D eigenvalue weighted by molar-refractivity contribution is 5.94. The Kier molecular flexibility index (Phi) is 5.42. The molecule has 0 bridgehead atoms. The van der Waals surface area contributed by atoms with E-state index in [-0.39, 0.29) is 23.3 Å². The Hall–Kier alpha value is -1.88. The minimum atomic E-state index is -0.142. The fourth-order valence-electron chi connectivity index (χ4n) is 2.68. The third-order valence-electron chi connectivity index (χ3n) is 4.21. The number of hydrogen-bond acceptors (Lipinski definition) is 3. The van der Waals surface area contributed by atoms with Gasteiger partial charge < -0.3 is 16.0 Å². The Bertz CT molecular complexity index is 561. The van der Waals surface area contributed by atoms with E-state index in [1.807, 2.05) is 24.3 Å². The van der Waals surface area contributed by atoms with Crippen LogP contribution in [0.4, 0.5) is 0 Å². The van der Waals surface area contributed by atoms with Gasteiger partial charge in [-0.1, -0.05) is 32.9 Å². The zero-order valence-corrected chi connectivity index (χ0v) is 14.3. The minimum Gasteiger partial charge on any atom is -0.352 e. The molecule has 2 rings (SSSR count). The molecule has 3 N–H and O–H groups in total. The van der Waals surface area contributed by atoms with E-state index in [0.717, 1.165) is 13.0 Å². The summed E-state index contributed by atoms with van der Waals surface area (Å²) in [6, 6.07) is 7.71. The smallest absolute Gasteiger partial charge is 0.251 e. The first-order valence-electron chi connectivity index (χ1n) is 8.19. The van der Waals surface area contributed by atoms with Gasteiger partial charge in [0.1, 0.15) is 0 Å². The first-order valence-corrected chi connectivity index (χ1v) is 8.19. The van der Waals surface area contributed by atoms with E-state index in [2.05, 4.69) is 26.1 Å². The molecule has 0 radical (unpaired) electrons. The number of benzene rings is 1. The second-order valence-corrected chi connectivity index (χ2v) is 7.22. The molecule has 2 amide bonds. The van der Waals surface area contributed by atoms with Crippen molar-refractivity contribution in [2.45, 2.75) is 45.1 Å². The minimum absolute atomic E-state index is 0.0568. The number of nitrogens with zero attached hydrogens (tertiary/aromatic N) is 1. The Balaban J connectivity index is 1.79. The Morgan fingerprint density at radius 3 is 2.43 bits per heavy atom. The van der Waals surface area contributed by atoms with Crippen molar-refractivity contribution in [2.75, 3.05) is 19.6 Å². The van der Waals surface area contributed by atoms with Crippen molar-refractivity contribution in [1.29, 1.82) is 0 Å². The lowest BCUT2D eigenvalue weighted by Gasteiger charge is -2.19. The quantitative estimate of drug-likeness (QED) is 0.887. The van der Waals surface area contributed by atoms with E-state index in [9.17, 15) is 9.59 Å². The predicted molar refractivity (Wildman–Crippen MR) is 91.3 cm³/mol. The molecule has 1 aromatic carbocycles. The van der Waals surface area contributed by atoms with Gasteiger partial charge in [-0.25, -0.2) is 0 Å². The van der Waals surface area contributed by atoms with Gasteiger partial charge in [-0.2, -0.15) is 0 Å². The zero-order chi connectivity index (χ0) is 17.0. The van der Waals surface area contributed by atoms with Crippen LogP contribution in [0.3, 0.4) is 0 Å². The molecule has 0 unspecified atom stereocenters. The molecule has 1 saturated heterocycles. The van der Waals surface area contributed by atoms with Crippen molar-refractivity contribution in [2.24, 2.45) is 5.73 Å². The summed E-state index contributed by atoms with van der Waals surface area (Å²) in [6.07, 6.45) is 1.18. The summed E-state index contributed by atoms with van der Waals surface area (Å²) in [5.41, 5.74) is 7.67. The molecule has 5 heteroatoms. The second kappa shape index (κ2) is 7.13. The van der Waals surface area contributed by atoms with Crippen molar-refractivity contribution in [1.82, 2.24) is 10.2 Å². The summed E-state index contributed by atoms with van der Waals surface area (Å²) in [5, 5.41) is 2.81. The summed E-state index contributed by atoms with van der Waals surface area (Å²) < 4.78 is 0. The largest absolute Gasteiger partial charge is 0.352 e. The molecule has 1 atom stereocenters. The molecule has 1 aliphatic heterocycles. The maximum Gasteiger partial charge on any atom is 0.251 e. The molecule has 0 aliphatic carbocycles. The highest BCUT2D eigenvalue weighted by Gasteiger charge is 2.23. The number of likely N-dealkylation sites (tertiary alicyclic amines) is 1. The fraction of sp³-hybridized carbons (Fsp3) is 0.556. The molecule has 126 valence electrons. The summed E-state index contributed by atoms with van der Waals surface area (Å²) >= 11 is 0. The molecule has 23 heavy (non-hydrogen) atoms. The monoisotopic (exact) mass is 317 g/mol. The molecule has 1 fully saturated rings. The van der Waals surface area contributed by atoms with Gasteiger partial charge in [0.05, 0.1) is 0 Å². The molecule has 5 nitrogen and oxygen atoms in total. The second-order valence-electron chi connectivity index (χ2n) is 7.22. The van der Waals surface area contributed by atoms with E-state index in [4.69, 9.17) is 5.73 Å². The molecular weight excluding hydrogens is 290 g/mol. The van der Waals surface area contributed by atoms with Crippen molar-refractivity contribution < 1.29 is 9.59 Å². The first-order chi connectivity index (χ1) is 10.8.